The molecule has 3 aromatic rings. The summed E-state index contributed by atoms with van der Waals surface area (Å²) in [6, 6.07) is 15.7. The van der Waals surface area contributed by atoms with Crippen molar-refractivity contribution < 1.29 is 9.21 Å². The lowest BCUT2D eigenvalue weighted by Crippen LogP contribution is -2.02. The van der Waals surface area contributed by atoms with Gasteiger partial charge < -0.3 is 4.42 Å². The number of hydrogen-bond donors (Lipinski definition) is 0. The molecule has 0 radical (unpaired) electrons. The summed E-state index contributed by atoms with van der Waals surface area (Å²) in [6.45, 7) is 0. The van der Waals surface area contributed by atoms with Crippen molar-refractivity contribution in [2.45, 2.75) is 6.42 Å². The minimum absolute atomic E-state index is 0.113. The van der Waals surface area contributed by atoms with Crippen LogP contribution in [0.25, 0.3) is 10.8 Å². The third-order valence-corrected chi connectivity index (χ3v) is 3.02. The maximum Gasteiger partial charge on any atom is 0.167 e. The van der Waals surface area contributed by atoms with E-state index in [1.165, 1.54) is 0 Å². The van der Waals surface area contributed by atoms with Crippen LogP contribution in [0.15, 0.2) is 65.5 Å². The molecular weight excluding hydrogens is 224 g/mol. The van der Waals surface area contributed by atoms with Crippen LogP contribution in [0.3, 0.4) is 0 Å². The molecule has 0 spiro atoms. The summed E-state index contributed by atoms with van der Waals surface area (Å²) in [6.07, 6.45) is 3.58. The van der Waals surface area contributed by atoms with Crippen molar-refractivity contribution >= 4 is 16.6 Å². The number of hydrogen-bond acceptors (Lipinski definition) is 2. The molecule has 0 saturated heterocycles. The fraction of sp³-hybridized carbons (Fsp3) is 0.0625. The molecule has 0 N–H and O–H groups in total. The van der Waals surface area contributed by atoms with E-state index in [0.29, 0.717) is 6.42 Å². The molecule has 0 amide bonds. The zero-order valence-corrected chi connectivity index (χ0v) is 9.80. The van der Waals surface area contributed by atoms with Gasteiger partial charge in [0.05, 0.1) is 12.5 Å². The molecule has 0 aliphatic rings. The first-order valence-electron chi connectivity index (χ1n) is 5.86. The van der Waals surface area contributed by atoms with Gasteiger partial charge in [-0.25, -0.2) is 0 Å². The van der Waals surface area contributed by atoms with Gasteiger partial charge in [0.2, 0.25) is 0 Å². The van der Waals surface area contributed by atoms with E-state index in [-0.39, 0.29) is 5.78 Å². The van der Waals surface area contributed by atoms with Gasteiger partial charge in [-0.3, -0.25) is 4.79 Å². The Morgan fingerprint density at radius 3 is 2.61 bits per heavy atom. The lowest BCUT2D eigenvalue weighted by molar-refractivity contribution is 0.0993. The van der Waals surface area contributed by atoms with Crippen LogP contribution in [0.4, 0.5) is 0 Å². The normalized spacial score (nSPS) is 10.7. The third kappa shape index (κ3) is 2.05. The minimum Gasteiger partial charge on any atom is -0.472 e. The summed E-state index contributed by atoms with van der Waals surface area (Å²) in [5.74, 6) is 0.113. The Balaban J connectivity index is 1.92. The highest BCUT2D eigenvalue weighted by Crippen LogP contribution is 2.17. The van der Waals surface area contributed by atoms with Gasteiger partial charge in [0.1, 0.15) is 0 Å². The molecule has 0 fully saturated rings. The quantitative estimate of drug-likeness (QED) is 0.646. The number of Topliss-reactive ketones (excluding diaryl/α,β-unsaturated/α-hetero) is 1. The third-order valence-electron chi connectivity index (χ3n) is 3.02. The van der Waals surface area contributed by atoms with E-state index in [2.05, 4.69) is 0 Å². The molecule has 1 aromatic heterocycles. The van der Waals surface area contributed by atoms with Crippen LogP contribution in [0.5, 0.6) is 0 Å². The predicted octanol–water partition coefficient (Wildman–Crippen LogP) is 3.86. The lowest BCUT2D eigenvalue weighted by Gasteiger charge is -2.02. The van der Waals surface area contributed by atoms with Crippen LogP contribution >= 0.6 is 0 Å². The lowest BCUT2D eigenvalue weighted by atomic mass is 10.0. The van der Waals surface area contributed by atoms with Gasteiger partial charge in [-0.1, -0.05) is 36.4 Å². The highest BCUT2D eigenvalue weighted by molar-refractivity contribution is 6.00. The molecular formula is C16H12O2. The molecule has 0 aliphatic carbocycles. The van der Waals surface area contributed by atoms with E-state index in [1.807, 2.05) is 48.5 Å². The fourth-order valence-corrected chi connectivity index (χ4v) is 2.04. The predicted molar refractivity (Wildman–Crippen MR) is 70.7 cm³/mol. The van der Waals surface area contributed by atoms with E-state index in [4.69, 9.17) is 4.42 Å². The average molecular weight is 236 g/mol. The largest absolute Gasteiger partial charge is 0.472 e. The molecule has 88 valence electrons. The first-order valence-corrected chi connectivity index (χ1v) is 5.86. The second kappa shape index (κ2) is 4.49. The number of fused-ring (bicyclic) bond motifs is 1. The number of rotatable bonds is 3. The summed E-state index contributed by atoms with van der Waals surface area (Å²) in [7, 11) is 0. The van der Waals surface area contributed by atoms with E-state index >= 15 is 0 Å². The minimum atomic E-state index is 0.113. The number of carbonyl (C=O) groups excluding carboxylic acids is 1. The topological polar surface area (TPSA) is 30.2 Å². The molecule has 0 atom stereocenters. The molecule has 1 heterocycles. The Hall–Kier alpha value is -2.35. The standard InChI is InChI=1S/C16H12O2/c17-16(9-12-7-8-18-11-12)15-6-5-13-3-1-2-4-14(13)10-15/h1-8,10-11H,9H2. The van der Waals surface area contributed by atoms with Gasteiger partial charge in [0, 0.05) is 12.0 Å². The smallest absolute Gasteiger partial charge is 0.167 e. The number of carbonyl (C=O) groups is 1. The summed E-state index contributed by atoms with van der Waals surface area (Å²) in [5.41, 5.74) is 1.66. The van der Waals surface area contributed by atoms with Crippen molar-refractivity contribution in [2.75, 3.05) is 0 Å². The van der Waals surface area contributed by atoms with Crippen LogP contribution in [-0.2, 0) is 6.42 Å². The van der Waals surface area contributed by atoms with Crippen molar-refractivity contribution in [3.05, 3.63) is 72.2 Å². The molecule has 18 heavy (non-hydrogen) atoms. The van der Waals surface area contributed by atoms with Crippen molar-refractivity contribution in [3.8, 4) is 0 Å². The van der Waals surface area contributed by atoms with Crippen molar-refractivity contribution in [1.29, 1.82) is 0 Å². The number of ketones is 1. The van der Waals surface area contributed by atoms with Crippen molar-refractivity contribution in [3.63, 3.8) is 0 Å². The van der Waals surface area contributed by atoms with Gasteiger partial charge in [-0.15, -0.1) is 0 Å². The second-order valence-electron chi connectivity index (χ2n) is 4.29. The van der Waals surface area contributed by atoms with Crippen LogP contribution in [0, 0.1) is 0 Å². The highest BCUT2D eigenvalue weighted by atomic mass is 16.3. The maximum atomic E-state index is 12.1. The second-order valence-corrected chi connectivity index (χ2v) is 4.29. The van der Waals surface area contributed by atoms with Gasteiger partial charge in [0.25, 0.3) is 0 Å². The Kier molecular flexibility index (Phi) is 2.69. The van der Waals surface area contributed by atoms with Crippen LogP contribution in [0.1, 0.15) is 15.9 Å². The van der Waals surface area contributed by atoms with E-state index in [0.717, 1.165) is 21.9 Å². The van der Waals surface area contributed by atoms with Gasteiger partial charge in [0.15, 0.2) is 5.78 Å². The first kappa shape index (κ1) is 10.8. The summed E-state index contributed by atoms with van der Waals surface area (Å²) in [5, 5.41) is 2.24. The fourth-order valence-electron chi connectivity index (χ4n) is 2.04. The number of furan rings is 1. The first-order chi connectivity index (χ1) is 8.83. The molecule has 3 rings (SSSR count). The van der Waals surface area contributed by atoms with Crippen LogP contribution < -0.4 is 0 Å². The van der Waals surface area contributed by atoms with Crippen LogP contribution in [0.2, 0.25) is 0 Å². The zero-order valence-electron chi connectivity index (χ0n) is 9.80. The summed E-state index contributed by atoms with van der Waals surface area (Å²) >= 11 is 0. The average Bonchev–Trinajstić information content (AvgIpc) is 2.91. The monoisotopic (exact) mass is 236 g/mol. The molecule has 0 saturated carbocycles. The van der Waals surface area contributed by atoms with Crippen molar-refractivity contribution in [2.24, 2.45) is 0 Å². The Morgan fingerprint density at radius 1 is 1.00 bits per heavy atom. The molecule has 0 aliphatic heterocycles. The Morgan fingerprint density at radius 2 is 1.83 bits per heavy atom. The number of benzene rings is 2. The van der Waals surface area contributed by atoms with Gasteiger partial charge >= 0.3 is 0 Å². The molecule has 2 nitrogen and oxygen atoms in total. The van der Waals surface area contributed by atoms with E-state index in [1.54, 1.807) is 12.5 Å². The Bertz CT molecular complexity index is 681. The molecule has 2 heteroatoms. The molecule has 0 unspecified atom stereocenters. The van der Waals surface area contributed by atoms with E-state index in [9.17, 15) is 4.79 Å². The van der Waals surface area contributed by atoms with Gasteiger partial charge in [-0.2, -0.15) is 0 Å². The SMILES string of the molecule is O=C(Cc1ccoc1)c1ccc2ccccc2c1. The molecule has 2 aromatic carbocycles. The van der Waals surface area contributed by atoms with Crippen LogP contribution in [-0.4, -0.2) is 5.78 Å². The molecule has 0 bridgehead atoms. The van der Waals surface area contributed by atoms with Gasteiger partial charge in [-0.05, 0) is 28.5 Å². The Labute approximate surface area is 105 Å². The van der Waals surface area contributed by atoms with E-state index < -0.39 is 0 Å². The summed E-state index contributed by atoms with van der Waals surface area (Å²) < 4.78 is 4.97. The summed E-state index contributed by atoms with van der Waals surface area (Å²) in [4.78, 5) is 12.1. The zero-order chi connectivity index (χ0) is 12.4. The maximum absolute atomic E-state index is 12.1. The highest BCUT2D eigenvalue weighted by Gasteiger charge is 2.08. The van der Waals surface area contributed by atoms with Crippen molar-refractivity contribution in [1.82, 2.24) is 0 Å².